The summed E-state index contributed by atoms with van der Waals surface area (Å²) < 4.78 is 20.0. The second kappa shape index (κ2) is 4.99. The number of nitrogens with zero attached hydrogens (tertiary/aromatic N) is 1. The fourth-order valence-corrected chi connectivity index (χ4v) is 3.40. The van der Waals surface area contributed by atoms with Crippen LogP contribution in [0, 0.1) is 5.82 Å². The summed E-state index contributed by atoms with van der Waals surface area (Å²) in [4.78, 5) is 14.2. The number of carbonyl (C=O) groups is 1. The maximum absolute atomic E-state index is 14.2. The Kier molecular flexibility index (Phi) is 3.08. The van der Waals surface area contributed by atoms with Gasteiger partial charge in [-0.15, -0.1) is 0 Å². The highest BCUT2D eigenvalue weighted by Gasteiger charge is 2.37. The summed E-state index contributed by atoms with van der Waals surface area (Å²) in [6.45, 7) is 0. The minimum atomic E-state index is -0.418. The van der Waals surface area contributed by atoms with Crippen molar-refractivity contribution in [2.24, 2.45) is 0 Å². The largest absolute Gasteiger partial charge is 0.452 e. The average Bonchev–Trinajstić information content (AvgIpc) is 2.64. The van der Waals surface area contributed by atoms with E-state index in [4.69, 9.17) is 16.3 Å². The number of amides is 1. The van der Waals surface area contributed by atoms with E-state index in [1.807, 2.05) is 6.07 Å². The van der Waals surface area contributed by atoms with Gasteiger partial charge in [-0.2, -0.15) is 0 Å². The summed E-state index contributed by atoms with van der Waals surface area (Å²) in [6, 6.07) is 9.69. The fourth-order valence-electron chi connectivity index (χ4n) is 3.24. The molecule has 0 saturated carbocycles. The van der Waals surface area contributed by atoms with Crippen molar-refractivity contribution in [3.63, 3.8) is 0 Å². The van der Waals surface area contributed by atoms with Crippen LogP contribution in [-0.2, 0) is 4.79 Å². The van der Waals surface area contributed by atoms with Crippen molar-refractivity contribution >= 4 is 23.2 Å². The molecular weight excluding hydrogens is 305 g/mol. The monoisotopic (exact) mass is 317 g/mol. The molecule has 22 heavy (non-hydrogen) atoms. The van der Waals surface area contributed by atoms with Crippen molar-refractivity contribution in [2.75, 3.05) is 4.90 Å². The van der Waals surface area contributed by atoms with Gasteiger partial charge in [0.1, 0.15) is 0 Å². The first-order chi connectivity index (χ1) is 10.6. The Hall–Kier alpha value is -2.07. The highest BCUT2D eigenvalue weighted by Crippen LogP contribution is 2.49. The first-order valence-corrected chi connectivity index (χ1v) is 7.61. The van der Waals surface area contributed by atoms with Crippen LogP contribution in [0.25, 0.3) is 0 Å². The summed E-state index contributed by atoms with van der Waals surface area (Å²) in [5, 5.41) is 0.519. The van der Waals surface area contributed by atoms with Crippen LogP contribution in [-0.4, -0.2) is 5.91 Å². The van der Waals surface area contributed by atoms with Gasteiger partial charge in [0.05, 0.1) is 11.7 Å². The number of hydrogen-bond donors (Lipinski definition) is 0. The van der Waals surface area contributed by atoms with E-state index in [1.54, 1.807) is 29.2 Å². The molecule has 5 heteroatoms. The second-order valence-electron chi connectivity index (χ2n) is 5.54. The predicted molar refractivity (Wildman–Crippen MR) is 82.0 cm³/mol. The van der Waals surface area contributed by atoms with Crippen molar-refractivity contribution in [1.82, 2.24) is 0 Å². The molecule has 2 heterocycles. The molecule has 2 aromatic carbocycles. The summed E-state index contributed by atoms with van der Waals surface area (Å²) in [6.07, 6.45) is 2.04. The van der Waals surface area contributed by atoms with Gasteiger partial charge in [0.15, 0.2) is 17.3 Å². The van der Waals surface area contributed by atoms with Gasteiger partial charge in [0, 0.05) is 17.0 Å². The number of fused-ring (bicyclic) bond motifs is 5. The number of carbonyl (C=O) groups excluding carboxylic acids is 1. The number of halogens is 2. The Morgan fingerprint density at radius 1 is 1.27 bits per heavy atom. The molecule has 1 saturated heterocycles. The average molecular weight is 318 g/mol. The van der Waals surface area contributed by atoms with Gasteiger partial charge in [-0.1, -0.05) is 23.7 Å². The molecule has 1 fully saturated rings. The minimum absolute atomic E-state index is 0.0143. The Labute approximate surface area is 132 Å². The third-order valence-electron chi connectivity index (χ3n) is 4.20. The lowest BCUT2D eigenvalue weighted by atomic mass is 9.94. The maximum atomic E-state index is 14.2. The smallest absolute Gasteiger partial charge is 0.227 e. The van der Waals surface area contributed by atoms with E-state index in [9.17, 15) is 9.18 Å². The molecule has 3 nitrogen and oxygen atoms in total. The first kappa shape index (κ1) is 13.6. The fraction of sp³-hybridized carbons (Fsp3) is 0.235. The Morgan fingerprint density at radius 3 is 3.00 bits per heavy atom. The number of rotatable bonds is 0. The second-order valence-corrected chi connectivity index (χ2v) is 5.98. The van der Waals surface area contributed by atoms with Crippen LogP contribution in [0.3, 0.4) is 0 Å². The van der Waals surface area contributed by atoms with Gasteiger partial charge >= 0.3 is 0 Å². The topological polar surface area (TPSA) is 29.5 Å². The van der Waals surface area contributed by atoms with Gasteiger partial charge < -0.3 is 9.64 Å². The Balaban J connectivity index is 1.99. The van der Waals surface area contributed by atoms with Crippen molar-refractivity contribution < 1.29 is 13.9 Å². The maximum Gasteiger partial charge on any atom is 0.227 e. The SMILES string of the molecule is O=C1CCCC2c3cccc(F)c3Oc3ccc(Cl)cc3N12. The molecule has 1 amide bonds. The third-order valence-corrected chi connectivity index (χ3v) is 4.43. The number of piperidine rings is 1. The number of ether oxygens (including phenoxy) is 1. The zero-order chi connectivity index (χ0) is 15.3. The Bertz CT molecular complexity index is 777. The summed E-state index contributed by atoms with van der Waals surface area (Å²) in [7, 11) is 0. The predicted octanol–water partition coefficient (Wildman–Crippen LogP) is 4.84. The lowest BCUT2D eigenvalue weighted by Crippen LogP contribution is -2.37. The van der Waals surface area contributed by atoms with Crippen LogP contribution in [0.4, 0.5) is 10.1 Å². The number of anilines is 1. The molecule has 0 radical (unpaired) electrons. The zero-order valence-corrected chi connectivity index (χ0v) is 12.4. The molecule has 0 aromatic heterocycles. The van der Waals surface area contributed by atoms with Crippen LogP contribution < -0.4 is 9.64 Å². The summed E-state index contributed by atoms with van der Waals surface area (Å²) >= 11 is 6.08. The van der Waals surface area contributed by atoms with Crippen molar-refractivity contribution in [2.45, 2.75) is 25.3 Å². The van der Waals surface area contributed by atoms with Gasteiger partial charge in [0.25, 0.3) is 0 Å². The standard InChI is InChI=1S/C17H13ClFNO2/c18-10-7-8-15-14(9-10)20-13(5-2-6-16(20)21)11-3-1-4-12(19)17(11)22-15/h1,3-4,7-9,13H,2,5-6H2. The van der Waals surface area contributed by atoms with Gasteiger partial charge in [-0.25, -0.2) is 4.39 Å². The van der Waals surface area contributed by atoms with E-state index in [2.05, 4.69) is 0 Å². The zero-order valence-electron chi connectivity index (χ0n) is 11.7. The quantitative estimate of drug-likeness (QED) is 0.695. The molecule has 1 unspecified atom stereocenters. The van der Waals surface area contributed by atoms with Gasteiger partial charge in [0.2, 0.25) is 5.91 Å². The van der Waals surface area contributed by atoms with Crippen LogP contribution in [0.1, 0.15) is 30.9 Å². The van der Waals surface area contributed by atoms with Crippen LogP contribution in [0.15, 0.2) is 36.4 Å². The van der Waals surface area contributed by atoms with Crippen LogP contribution in [0.5, 0.6) is 11.5 Å². The van der Waals surface area contributed by atoms with E-state index in [0.717, 1.165) is 12.8 Å². The Morgan fingerprint density at radius 2 is 2.14 bits per heavy atom. The van der Waals surface area contributed by atoms with Crippen molar-refractivity contribution in [3.8, 4) is 11.5 Å². The molecule has 0 spiro atoms. The third kappa shape index (κ3) is 1.98. The minimum Gasteiger partial charge on any atom is -0.452 e. The van der Waals surface area contributed by atoms with E-state index in [0.29, 0.717) is 28.4 Å². The number of benzene rings is 2. The molecule has 2 aliphatic rings. The molecular formula is C17H13ClFNO2. The molecule has 1 atom stereocenters. The van der Waals surface area contributed by atoms with Gasteiger partial charge in [-0.3, -0.25) is 4.79 Å². The van der Waals surface area contributed by atoms with Gasteiger partial charge in [-0.05, 0) is 37.1 Å². The van der Waals surface area contributed by atoms with E-state index >= 15 is 0 Å². The molecule has 0 N–H and O–H groups in total. The highest BCUT2D eigenvalue weighted by molar-refractivity contribution is 6.31. The van der Waals surface area contributed by atoms with Crippen molar-refractivity contribution in [3.05, 3.63) is 52.8 Å². The number of hydrogen-bond acceptors (Lipinski definition) is 2. The van der Waals surface area contributed by atoms with Crippen molar-refractivity contribution in [1.29, 1.82) is 0 Å². The molecule has 2 aliphatic heterocycles. The molecule has 4 rings (SSSR count). The summed E-state index contributed by atoms with van der Waals surface area (Å²) in [5.74, 6) is 0.250. The number of para-hydroxylation sites is 1. The summed E-state index contributed by atoms with van der Waals surface area (Å²) in [5.41, 5.74) is 1.32. The van der Waals surface area contributed by atoms with E-state index in [1.165, 1.54) is 6.07 Å². The molecule has 2 aromatic rings. The van der Waals surface area contributed by atoms with Crippen LogP contribution in [0.2, 0.25) is 5.02 Å². The normalized spacial score (nSPS) is 19.6. The highest BCUT2D eigenvalue weighted by atomic mass is 35.5. The lowest BCUT2D eigenvalue weighted by Gasteiger charge is -2.34. The first-order valence-electron chi connectivity index (χ1n) is 7.23. The molecule has 0 bridgehead atoms. The van der Waals surface area contributed by atoms with E-state index in [-0.39, 0.29) is 17.7 Å². The molecule has 0 aliphatic carbocycles. The molecule has 112 valence electrons. The van der Waals surface area contributed by atoms with E-state index < -0.39 is 5.82 Å². The van der Waals surface area contributed by atoms with Crippen LogP contribution >= 0.6 is 11.6 Å². The lowest BCUT2D eigenvalue weighted by molar-refractivity contribution is -0.120.